The second kappa shape index (κ2) is 6.36. The first-order valence-corrected chi connectivity index (χ1v) is 9.99. The number of para-hydroxylation sites is 1. The maximum absolute atomic E-state index is 13.3. The molecule has 5 rings (SSSR count). The lowest BCUT2D eigenvalue weighted by Crippen LogP contribution is -2.47. The van der Waals surface area contributed by atoms with E-state index < -0.39 is 0 Å². The summed E-state index contributed by atoms with van der Waals surface area (Å²) in [7, 11) is 0. The molecule has 3 aromatic rings. The highest BCUT2D eigenvalue weighted by molar-refractivity contribution is 7.10. The first-order chi connectivity index (χ1) is 12.8. The van der Waals surface area contributed by atoms with E-state index in [2.05, 4.69) is 26.3 Å². The fourth-order valence-electron chi connectivity index (χ4n) is 4.14. The van der Waals surface area contributed by atoms with Crippen LogP contribution in [0.3, 0.4) is 0 Å². The molecule has 2 aliphatic rings. The van der Waals surface area contributed by atoms with Crippen molar-refractivity contribution in [2.75, 3.05) is 18.0 Å². The number of benzene rings is 1. The Morgan fingerprint density at radius 2 is 2.08 bits per heavy atom. The van der Waals surface area contributed by atoms with Crippen molar-refractivity contribution < 1.29 is 4.79 Å². The average molecular weight is 364 g/mol. The number of amides is 1. The van der Waals surface area contributed by atoms with E-state index in [1.54, 1.807) is 17.7 Å². The molecule has 0 N–H and O–H groups in total. The van der Waals surface area contributed by atoms with Gasteiger partial charge in [0, 0.05) is 29.9 Å². The van der Waals surface area contributed by atoms with Gasteiger partial charge < -0.3 is 9.80 Å². The summed E-state index contributed by atoms with van der Waals surface area (Å²) >= 11 is 1.80. The molecule has 5 nitrogen and oxygen atoms in total. The van der Waals surface area contributed by atoms with Gasteiger partial charge >= 0.3 is 0 Å². The van der Waals surface area contributed by atoms with Gasteiger partial charge in [0.25, 0.3) is 0 Å². The molecule has 1 amide bonds. The maximum Gasteiger partial charge on any atom is 0.245 e. The topological polar surface area (TPSA) is 49.3 Å². The molecule has 0 spiro atoms. The van der Waals surface area contributed by atoms with E-state index in [-0.39, 0.29) is 11.9 Å². The van der Waals surface area contributed by atoms with Gasteiger partial charge in [-0.3, -0.25) is 4.79 Å². The van der Waals surface area contributed by atoms with Crippen LogP contribution < -0.4 is 4.90 Å². The smallest absolute Gasteiger partial charge is 0.245 e. The van der Waals surface area contributed by atoms with E-state index in [9.17, 15) is 4.79 Å². The predicted octanol–water partition coefficient (Wildman–Crippen LogP) is 3.25. The summed E-state index contributed by atoms with van der Waals surface area (Å²) in [4.78, 5) is 27.8. The van der Waals surface area contributed by atoms with Gasteiger partial charge in [-0.15, -0.1) is 11.3 Å². The van der Waals surface area contributed by atoms with Crippen molar-refractivity contribution in [3.63, 3.8) is 0 Å². The minimum absolute atomic E-state index is 0.117. The average Bonchev–Trinajstić information content (AvgIpc) is 3.35. The summed E-state index contributed by atoms with van der Waals surface area (Å²) in [6.07, 6.45) is 4.49. The maximum atomic E-state index is 13.3. The van der Waals surface area contributed by atoms with E-state index in [4.69, 9.17) is 0 Å². The van der Waals surface area contributed by atoms with Gasteiger partial charge in [0.2, 0.25) is 5.91 Å². The van der Waals surface area contributed by atoms with E-state index in [1.807, 2.05) is 29.2 Å². The first-order valence-electron chi connectivity index (χ1n) is 9.12. The number of carbonyl (C=O) groups excluding carboxylic acids is 1. The quantitative estimate of drug-likeness (QED) is 0.700. The molecule has 26 heavy (non-hydrogen) atoms. The summed E-state index contributed by atoms with van der Waals surface area (Å²) in [6.45, 7) is 2.43. The zero-order chi connectivity index (χ0) is 17.5. The molecule has 1 saturated heterocycles. The van der Waals surface area contributed by atoms with Crippen LogP contribution in [0.15, 0.2) is 42.0 Å². The molecule has 2 aromatic heterocycles. The SMILES string of the molecule is O=C([C@@H]1CCCN1c1ncnc2ccccc12)N1CCc2sccc2C1. The second-order valence-electron chi connectivity index (χ2n) is 6.94. The molecule has 0 radical (unpaired) electrons. The number of anilines is 1. The highest BCUT2D eigenvalue weighted by Crippen LogP contribution is 2.32. The van der Waals surface area contributed by atoms with Crippen LogP contribution in [-0.2, 0) is 17.8 Å². The third-order valence-corrected chi connectivity index (χ3v) is 6.47. The largest absolute Gasteiger partial charge is 0.344 e. The van der Waals surface area contributed by atoms with E-state index >= 15 is 0 Å². The Bertz CT molecular complexity index is 964. The van der Waals surface area contributed by atoms with Gasteiger partial charge in [0.05, 0.1) is 5.52 Å². The molecule has 2 aliphatic heterocycles. The van der Waals surface area contributed by atoms with Crippen LogP contribution in [0.4, 0.5) is 5.82 Å². The first kappa shape index (κ1) is 15.8. The van der Waals surface area contributed by atoms with Crippen molar-refractivity contribution in [3.05, 3.63) is 52.5 Å². The van der Waals surface area contributed by atoms with Crippen molar-refractivity contribution in [1.29, 1.82) is 0 Å². The summed E-state index contributed by atoms with van der Waals surface area (Å²) < 4.78 is 0. The van der Waals surface area contributed by atoms with Gasteiger partial charge in [0.1, 0.15) is 18.2 Å². The third-order valence-electron chi connectivity index (χ3n) is 5.45. The number of aromatic nitrogens is 2. The molecular weight excluding hydrogens is 344 g/mol. The van der Waals surface area contributed by atoms with Crippen LogP contribution >= 0.6 is 11.3 Å². The van der Waals surface area contributed by atoms with Crippen molar-refractivity contribution in [3.8, 4) is 0 Å². The molecular formula is C20H20N4OS. The lowest BCUT2D eigenvalue weighted by atomic mass is 10.1. The van der Waals surface area contributed by atoms with Crippen LogP contribution in [0.5, 0.6) is 0 Å². The molecule has 132 valence electrons. The molecule has 0 saturated carbocycles. The molecule has 4 heterocycles. The highest BCUT2D eigenvalue weighted by Gasteiger charge is 2.36. The number of hydrogen-bond acceptors (Lipinski definition) is 5. The minimum Gasteiger partial charge on any atom is -0.344 e. The van der Waals surface area contributed by atoms with E-state index in [0.717, 1.165) is 55.6 Å². The van der Waals surface area contributed by atoms with Crippen molar-refractivity contribution in [1.82, 2.24) is 14.9 Å². The summed E-state index contributed by atoms with van der Waals surface area (Å²) in [5.41, 5.74) is 2.24. The number of carbonyl (C=O) groups is 1. The van der Waals surface area contributed by atoms with Crippen molar-refractivity contribution >= 4 is 34.0 Å². The Morgan fingerprint density at radius 3 is 3.04 bits per heavy atom. The van der Waals surface area contributed by atoms with Crippen LogP contribution in [0.2, 0.25) is 0 Å². The Morgan fingerprint density at radius 1 is 1.15 bits per heavy atom. The molecule has 0 bridgehead atoms. The summed E-state index contributed by atoms with van der Waals surface area (Å²) in [5.74, 6) is 1.13. The minimum atomic E-state index is -0.117. The van der Waals surface area contributed by atoms with Crippen LogP contribution in [0, 0.1) is 0 Å². The standard InChI is InChI=1S/C20H20N4OS/c25-20(23-10-7-18-14(12-23)8-11-26-18)17-6-3-9-24(17)19-15-4-1-2-5-16(15)21-13-22-19/h1-2,4-5,8,11,13,17H,3,6-7,9-10,12H2/t17-/m0/s1. The summed E-state index contributed by atoms with van der Waals surface area (Å²) in [5, 5.41) is 3.15. The summed E-state index contributed by atoms with van der Waals surface area (Å²) in [6, 6.07) is 10.1. The van der Waals surface area contributed by atoms with Gasteiger partial charge in [-0.2, -0.15) is 0 Å². The molecule has 1 aromatic carbocycles. The fraction of sp³-hybridized carbons (Fsp3) is 0.350. The highest BCUT2D eigenvalue weighted by atomic mass is 32.1. The second-order valence-corrected chi connectivity index (χ2v) is 7.95. The molecule has 0 unspecified atom stereocenters. The molecule has 1 fully saturated rings. The lowest BCUT2D eigenvalue weighted by Gasteiger charge is -2.33. The number of hydrogen-bond donors (Lipinski definition) is 0. The van der Waals surface area contributed by atoms with Crippen LogP contribution in [0.1, 0.15) is 23.3 Å². The fourth-order valence-corrected chi connectivity index (χ4v) is 5.03. The predicted molar refractivity (Wildman–Crippen MR) is 103 cm³/mol. The number of thiophene rings is 1. The third kappa shape index (κ3) is 2.56. The van der Waals surface area contributed by atoms with Gasteiger partial charge in [-0.25, -0.2) is 9.97 Å². The Hall–Kier alpha value is -2.47. The number of fused-ring (bicyclic) bond motifs is 2. The molecule has 6 heteroatoms. The zero-order valence-electron chi connectivity index (χ0n) is 14.5. The number of rotatable bonds is 2. The number of nitrogens with zero attached hydrogens (tertiary/aromatic N) is 4. The van der Waals surface area contributed by atoms with Crippen molar-refractivity contribution in [2.45, 2.75) is 31.8 Å². The Labute approximate surface area is 156 Å². The van der Waals surface area contributed by atoms with E-state index in [0.29, 0.717) is 0 Å². The normalized spacial score (nSPS) is 19.8. The zero-order valence-corrected chi connectivity index (χ0v) is 15.3. The Kier molecular flexibility index (Phi) is 3.85. The van der Waals surface area contributed by atoms with Gasteiger partial charge in [-0.05, 0) is 48.4 Å². The van der Waals surface area contributed by atoms with Gasteiger partial charge in [-0.1, -0.05) is 12.1 Å². The Balaban J connectivity index is 1.45. The van der Waals surface area contributed by atoms with Gasteiger partial charge in [0.15, 0.2) is 0 Å². The molecule has 0 aliphatic carbocycles. The van der Waals surface area contributed by atoms with Crippen molar-refractivity contribution in [2.24, 2.45) is 0 Å². The van der Waals surface area contributed by atoms with Crippen LogP contribution in [0.25, 0.3) is 10.9 Å². The molecule has 1 atom stereocenters. The monoisotopic (exact) mass is 364 g/mol. The van der Waals surface area contributed by atoms with E-state index in [1.165, 1.54) is 10.4 Å². The lowest BCUT2D eigenvalue weighted by molar-refractivity contribution is -0.133. The van der Waals surface area contributed by atoms with Crippen LogP contribution in [-0.4, -0.2) is 39.9 Å².